The van der Waals surface area contributed by atoms with E-state index in [4.69, 9.17) is 4.74 Å². The Morgan fingerprint density at radius 3 is 2.75 bits per heavy atom. The molecule has 0 amide bonds. The second kappa shape index (κ2) is 4.98. The monoisotopic (exact) mass is 219 g/mol. The second-order valence-electron chi connectivity index (χ2n) is 4.97. The van der Waals surface area contributed by atoms with Crippen molar-refractivity contribution in [2.24, 2.45) is 5.92 Å². The van der Waals surface area contributed by atoms with E-state index in [-0.39, 0.29) is 0 Å². The zero-order valence-corrected chi connectivity index (χ0v) is 10.4. The van der Waals surface area contributed by atoms with Gasteiger partial charge in [0.25, 0.3) is 0 Å². The van der Waals surface area contributed by atoms with Crippen molar-refractivity contribution in [2.45, 2.75) is 39.5 Å². The second-order valence-corrected chi connectivity index (χ2v) is 4.97. The summed E-state index contributed by atoms with van der Waals surface area (Å²) < 4.78 is 5.63. The molecule has 0 spiro atoms. The van der Waals surface area contributed by atoms with Crippen LogP contribution in [0.1, 0.15) is 37.9 Å². The summed E-state index contributed by atoms with van der Waals surface area (Å²) in [6, 6.07) is 9.42. The molecule has 88 valence electrons. The van der Waals surface area contributed by atoms with Gasteiger partial charge in [-0.05, 0) is 24.0 Å². The molecule has 1 aliphatic rings. The Bertz CT molecular complexity index is 348. The Labute approximate surface area is 98.0 Å². The number of benzene rings is 1. The summed E-state index contributed by atoms with van der Waals surface area (Å²) in [6.45, 7) is 8.26. The van der Waals surface area contributed by atoms with Crippen LogP contribution in [-0.2, 0) is 11.3 Å². The van der Waals surface area contributed by atoms with Crippen LogP contribution in [0.25, 0.3) is 0 Å². The van der Waals surface area contributed by atoms with Crippen LogP contribution in [0.3, 0.4) is 0 Å². The van der Waals surface area contributed by atoms with Crippen LogP contribution >= 0.6 is 0 Å². The number of hydrogen-bond donors (Lipinski definition) is 1. The molecule has 2 rings (SSSR count). The first kappa shape index (κ1) is 11.6. The molecule has 2 unspecified atom stereocenters. The molecule has 0 aliphatic carbocycles. The number of nitrogens with one attached hydrogen (secondary N) is 1. The highest BCUT2D eigenvalue weighted by Crippen LogP contribution is 2.25. The fraction of sp³-hybridized carbons (Fsp3) is 0.571. The summed E-state index contributed by atoms with van der Waals surface area (Å²) in [5.41, 5.74) is 2.73. The normalized spacial score (nSPS) is 21.9. The third kappa shape index (κ3) is 2.45. The largest absolute Gasteiger partial charge is 0.375 e. The first-order valence-corrected chi connectivity index (χ1v) is 6.10. The Balaban J connectivity index is 2.13. The Morgan fingerprint density at radius 1 is 1.25 bits per heavy atom. The van der Waals surface area contributed by atoms with E-state index in [0.29, 0.717) is 18.0 Å². The molecule has 2 heteroatoms. The van der Waals surface area contributed by atoms with Crippen molar-refractivity contribution in [2.75, 3.05) is 6.61 Å². The summed E-state index contributed by atoms with van der Waals surface area (Å²) >= 11 is 0. The van der Waals surface area contributed by atoms with Gasteiger partial charge >= 0.3 is 0 Å². The van der Waals surface area contributed by atoms with Crippen molar-refractivity contribution >= 4 is 0 Å². The lowest BCUT2D eigenvalue weighted by molar-refractivity contribution is 0.0770. The standard InChI is InChI=1S/C14H21NO/c1-10(2)11(3)15-14-9-16-8-12-6-4-5-7-13(12)14/h4-7,10-11,14-15H,8-9H2,1-3H3. The van der Waals surface area contributed by atoms with Gasteiger partial charge in [0.1, 0.15) is 0 Å². The summed E-state index contributed by atoms with van der Waals surface area (Å²) in [4.78, 5) is 0. The molecule has 0 bridgehead atoms. The third-order valence-corrected chi connectivity index (χ3v) is 3.44. The molecule has 1 aromatic rings. The van der Waals surface area contributed by atoms with Crippen LogP contribution in [0.15, 0.2) is 24.3 Å². The third-order valence-electron chi connectivity index (χ3n) is 3.44. The van der Waals surface area contributed by atoms with Gasteiger partial charge in [-0.3, -0.25) is 0 Å². The molecular formula is C14H21NO. The average molecular weight is 219 g/mol. The molecule has 0 aromatic heterocycles. The maximum Gasteiger partial charge on any atom is 0.0721 e. The van der Waals surface area contributed by atoms with Gasteiger partial charge in [-0.15, -0.1) is 0 Å². The lowest BCUT2D eigenvalue weighted by atomic mass is 9.97. The van der Waals surface area contributed by atoms with Gasteiger partial charge in [0.2, 0.25) is 0 Å². The first-order chi connectivity index (χ1) is 7.68. The molecule has 16 heavy (non-hydrogen) atoms. The van der Waals surface area contributed by atoms with Crippen molar-refractivity contribution in [3.8, 4) is 0 Å². The minimum atomic E-state index is 0.349. The minimum absolute atomic E-state index is 0.349. The maximum absolute atomic E-state index is 5.63. The van der Waals surface area contributed by atoms with E-state index in [0.717, 1.165) is 13.2 Å². The number of fused-ring (bicyclic) bond motifs is 1. The Hall–Kier alpha value is -0.860. The molecule has 0 fully saturated rings. The fourth-order valence-corrected chi connectivity index (χ4v) is 2.03. The van der Waals surface area contributed by atoms with Gasteiger partial charge < -0.3 is 10.1 Å². The Morgan fingerprint density at radius 2 is 2.00 bits per heavy atom. The summed E-state index contributed by atoms with van der Waals surface area (Å²) in [7, 11) is 0. The lowest BCUT2D eigenvalue weighted by Gasteiger charge is -2.30. The maximum atomic E-state index is 5.63. The van der Waals surface area contributed by atoms with Gasteiger partial charge in [0.15, 0.2) is 0 Å². The molecule has 0 radical (unpaired) electrons. The van der Waals surface area contributed by atoms with Crippen molar-refractivity contribution < 1.29 is 4.74 Å². The molecule has 0 saturated heterocycles. The smallest absolute Gasteiger partial charge is 0.0721 e. The molecule has 1 N–H and O–H groups in total. The number of rotatable bonds is 3. The van der Waals surface area contributed by atoms with E-state index in [9.17, 15) is 0 Å². The van der Waals surface area contributed by atoms with E-state index in [1.54, 1.807) is 0 Å². The zero-order chi connectivity index (χ0) is 11.5. The van der Waals surface area contributed by atoms with Crippen LogP contribution in [0, 0.1) is 5.92 Å². The highest BCUT2D eigenvalue weighted by Gasteiger charge is 2.22. The predicted octanol–water partition coefficient (Wildman–Crippen LogP) is 2.89. The molecule has 2 atom stereocenters. The van der Waals surface area contributed by atoms with Crippen molar-refractivity contribution in [1.82, 2.24) is 5.32 Å². The SMILES string of the molecule is CC(C)C(C)NC1COCc2ccccc21. The quantitative estimate of drug-likeness (QED) is 0.844. The number of hydrogen-bond acceptors (Lipinski definition) is 2. The minimum Gasteiger partial charge on any atom is -0.375 e. The van der Waals surface area contributed by atoms with Gasteiger partial charge in [-0.25, -0.2) is 0 Å². The molecule has 1 aliphatic heterocycles. The van der Waals surface area contributed by atoms with Crippen LogP contribution in [0.4, 0.5) is 0 Å². The van der Waals surface area contributed by atoms with Crippen LogP contribution in [-0.4, -0.2) is 12.6 Å². The summed E-state index contributed by atoms with van der Waals surface area (Å²) in [5, 5.41) is 3.65. The first-order valence-electron chi connectivity index (χ1n) is 6.10. The van der Waals surface area contributed by atoms with E-state index >= 15 is 0 Å². The van der Waals surface area contributed by atoms with Gasteiger partial charge in [0.05, 0.1) is 19.3 Å². The van der Waals surface area contributed by atoms with Gasteiger partial charge in [-0.1, -0.05) is 38.1 Å². The predicted molar refractivity (Wildman–Crippen MR) is 66.3 cm³/mol. The lowest BCUT2D eigenvalue weighted by Crippen LogP contribution is -2.38. The van der Waals surface area contributed by atoms with E-state index in [1.807, 2.05) is 0 Å². The van der Waals surface area contributed by atoms with E-state index in [1.165, 1.54) is 11.1 Å². The van der Waals surface area contributed by atoms with Crippen LogP contribution < -0.4 is 5.32 Å². The highest BCUT2D eigenvalue weighted by molar-refractivity contribution is 5.31. The van der Waals surface area contributed by atoms with E-state index in [2.05, 4.69) is 50.4 Å². The van der Waals surface area contributed by atoms with Gasteiger partial charge in [0, 0.05) is 6.04 Å². The van der Waals surface area contributed by atoms with Crippen LogP contribution in [0.5, 0.6) is 0 Å². The zero-order valence-electron chi connectivity index (χ0n) is 10.4. The fourth-order valence-electron chi connectivity index (χ4n) is 2.03. The summed E-state index contributed by atoms with van der Waals surface area (Å²) in [5.74, 6) is 0.647. The topological polar surface area (TPSA) is 21.3 Å². The van der Waals surface area contributed by atoms with Crippen LogP contribution in [0.2, 0.25) is 0 Å². The highest BCUT2D eigenvalue weighted by atomic mass is 16.5. The average Bonchev–Trinajstić information content (AvgIpc) is 2.29. The molecule has 1 aromatic carbocycles. The molecule has 1 heterocycles. The molecule has 0 saturated carbocycles. The van der Waals surface area contributed by atoms with Crippen molar-refractivity contribution in [3.05, 3.63) is 35.4 Å². The van der Waals surface area contributed by atoms with Crippen molar-refractivity contribution in [3.63, 3.8) is 0 Å². The van der Waals surface area contributed by atoms with Gasteiger partial charge in [-0.2, -0.15) is 0 Å². The molecular weight excluding hydrogens is 198 g/mol. The Kier molecular flexibility index (Phi) is 3.62. The number of ether oxygens (including phenoxy) is 1. The summed E-state index contributed by atoms with van der Waals surface area (Å²) in [6.07, 6.45) is 0. The van der Waals surface area contributed by atoms with Crippen molar-refractivity contribution in [1.29, 1.82) is 0 Å². The molecule has 2 nitrogen and oxygen atoms in total. The van der Waals surface area contributed by atoms with E-state index < -0.39 is 0 Å².